The van der Waals surface area contributed by atoms with Crippen molar-refractivity contribution in [1.29, 1.82) is 0 Å². The maximum atomic E-state index is 12.2. The van der Waals surface area contributed by atoms with Crippen molar-refractivity contribution in [3.63, 3.8) is 0 Å². The lowest BCUT2D eigenvalue weighted by Crippen LogP contribution is -2.35. The molecule has 1 N–H and O–H groups in total. The fourth-order valence-corrected chi connectivity index (χ4v) is 3.97. The van der Waals surface area contributed by atoms with Crippen LogP contribution >= 0.6 is 0 Å². The van der Waals surface area contributed by atoms with Gasteiger partial charge in [0.15, 0.2) is 0 Å². The van der Waals surface area contributed by atoms with Gasteiger partial charge in [0.2, 0.25) is 5.91 Å². The Kier molecular flexibility index (Phi) is 6.87. The number of carbonyl (C=O) groups is 1. The van der Waals surface area contributed by atoms with E-state index >= 15 is 0 Å². The first kappa shape index (κ1) is 21.4. The van der Waals surface area contributed by atoms with Gasteiger partial charge in [0.1, 0.15) is 24.3 Å². The Bertz CT molecular complexity index is 1000. The fraction of sp³-hybridized carbons (Fsp3) is 0.440. The number of ether oxygens (including phenoxy) is 2. The Morgan fingerprint density at radius 3 is 2.77 bits per heavy atom. The van der Waals surface area contributed by atoms with Crippen LogP contribution in [0.4, 0.5) is 0 Å². The van der Waals surface area contributed by atoms with Gasteiger partial charge in [-0.15, -0.1) is 0 Å². The summed E-state index contributed by atoms with van der Waals surface area (Å²) in [6.45, 7) is 6.83. The lowest BCUT2D eigenvalue weighted by molar-refractivity contribution is -0.130. The summed E-state index contributed by atoms with van der Waals surface area (Å²) in [6, 6.07) is 16.4. The van der Waals surface area contributed by atoms with E-state index in [1.54, 1.807) is 0 Å². The molecule has 1 unspecified atom stereocenters. The largest absolute Gasteiger partial charge is 0.492 e. The molecule has 2 heterocycles. The van der Waals surface area contributed by atoms with Crippen molar-refractivity contribution in [1.82, 2.24) is 14.9 Å². The molecule has 3 aromatic rings. The van der Waals surface area contributed by atoms with E-state index in [2.05, 4.69) is 41.9 Å². The third-order valence-corrected chi connectivity index (χ3v) is 5.73. The highest BCUT2D eigenvalue weighted by molar-refractivity contribution is 5.81. The number of rotatable bonds is 9. The van der Waals surface area contributed by atoms with E-state index < -0.39 is 0 Å². The van der Waals surface area contributed by atoms with E-state index in [1.807, 2.05) is 30.3 Å². The standard InChI is InChI=1S/C25H31N3O3/c1-18(2)19-9-11-20(12-10-19)30-17-15-28-22-7-4-3-6-21(22)27-24(28)13-14-26-25(29)23-8-5-16-31-23/h3-4,6-7,9-12,18,23H,5,8,13-17H2,1-2H3,(H,26,29). The van der Waals surface area contributed by atoms with Crippen LogP contribution < -0.4 is 10.1 Å². The van der Waals surface area contributed by atoms with Crippen LogP contribution in [-0.4, -0.2) is 41.3 Å². The molecule has 0 bridgehead atoms. The molecule has 1 aliphatic heterocycles. The molecule has 6 heteroatoms. The number of imidazole rings is 1. The minimum Gasteiger partial charge on any atom is -0.492 e. The Hall–Kier alpha value is -2.86. The maximum Gasteiger partial charge on any atom is 0.249 e. The van der Waals surface area contributed by atoms with Gasteiger partial charge in [-0.1, -0.05) is 38.1 Å². The van der Waals surface area contributed by atoms with Gasteiger partial charge in [-0.2, -0.15) is 0 Å². The molecule has 1 fully saturated rings. The molecular formula is C25H31N3O3. The van der Waals surface area contributed by atoms with Crippen LogP contribution in [0.25, 0.3) is 11.0 Å². The second kappa shape index (κ2) is 9.96. The first-order valence-corrected chi connectivity index (χ1v) is 11.2. The van der Waals surface area contributed by atoms with Gasteiger partial charge in [-0.3, -0.25) is 4.79 Å². The summed E-state index contributed by atoms with van der Waals surface area (Å²) < 4.78 is 13.6. The summed E-state index contributed by atoms with van der Waals surface area (Å²) >= 11 is 0. The van der Waals surface area contributed by atoms with E-state index in [9.17, 15) is 4.79 Å². The number of nitrogens with zero attached hydrogens (tertiary/aromatic N) is 2. The first-order chi connectivity index (χ1) is 15.1. The monoisotopic (exact) mass is 421 g/mol. The summed E-state index contributed by atoms with van der Waals surface area (Å²) in [7, 11) is 0. The number of nitrogens with one attached hydrogen (secondary N) is 1. The molecule has 1 saturated heterocycles. The van der Waals surface area contributed by atoms with Crippen molar-refractivity contribution in [2.75, 3.05) is 19.8 Å². The van der Waals surface area contributed by atoms with Gasteiger partial charge in [-0.25, -0.2) is 4.98 Å². The SMILES string of the molecule is CC(C)c1ccc(OCCn2c(CCNC(=O)C3CCCO3)nc3ccccc32)cc1. The molecular weight excluding hydrogens is 390 g/mol. The predicted molar refractivity (Wildman–Crippen MR) is 121 cm³/mol. The molecule has 0 radical (unpaired) electrons. The Morgan fingerprint density at radius 1 is 1.23 bits per heavy atom. The number of amides is 1. The van der Waals surface area contributed by atoms with Crippen LogP contribution in [0.2, 0.25) is 0 Å². The van der Waals surface area contributed by atoms with Gasteiger partial charge >= 0.3 is 0 Å². The average molecular weight is 422 g/mol. The van der Waals surface area contributed by atoms with Gasteiger partial charge in [-0.05, 0) is 48.6 Å². The van der Waals surface area contributed by atoms with E-state index in [0.717, 1.165) is 35.4 Å². The van der Waals surface area contributed by atoms with Crippen LogP contribution in [0.15, 0.2) is 48.5 Å². The lowest BCUT2D eigenvalue weighted by atomic mass is 10.0. The third kappa shape index (κ3) is 5.25. The van der Waals surface area contributed by atoms with Gasteiger partial charge in [0.05, 0.1) is 17.6 Å². The third-order valence-electron chi connectivity index (χ3n) is 5.73. The number of para-hydroxylation sites is 2. The number of aromatic nitrogens is 2. The molecule has 31 heavy (non-hydrogen) atoms. The second-order valence-corrected chi connectivity index (χ2v) is 8.28. The number of hydrogen-bond donors (Lipinski definition) is 1. The molecule has 1 aliphatic rings. The van der Waals surface area contributed by atoms with E-state index in [4.69, 9.17) is 14.5 Å². The van der Waals surface area contributed by atoms with Gasteiger partial charge < -0.3 is 19.4 Å². The van der Waals surface area contributed by atoms with Crippen molar-refractivity contribution < 1.29 is 14.3 Å². The molecule has 164 valence electrons. The Balaban J connectivity index is 1.38. The molecule has 1 atom stereocenters. The highest BCUT2D eigenvalue weighted by atomic mass is 16.5. The summed E-state index contributed by atoms with van der Waals surface area (Å²) in [5.41, 5.74) is 3.35. The van der Waals surface area contributed by atoms with E-state index in [-0.39, 0.29) is 12.0 Å². The summed E-state index contributed by atoms with van der Waals surface area (Å²) in [6.07, 6.45) is 2.12. The first-order valence-electron chi connectivity index (χ1n) is 11.2. The smallest absolute Gasteiger partial charge is 0.249 e. The van der Waals surface area contributed by atoms with Crippen molar-refractivity contribution in [3.05, 3.63) is 59.9 Å². The predicted octanol–water partition coefficient (Wildman–Crippen LogP) is 4.08. The minimum absolute atomic E-state index is 0.0201. The van der Waals surface area contributed by atoms with Crippen molar-refractivity contribution in [2.45, 2.75) is 51.7 Å². The molecule has 6 nitrogen and oxygen atoms in total. The van der Waals surface area contributed by atoms with Crippen LogP contribution in [0.3, 0.4) is 0 Å². The highest BCUT2D eigenvalue weighted by Gasteiger charge is 2.23. The second-order valence-electron chi connectivity index (χ2n) is 8.28. The molecule has 1 amide bonds. The lowest BCUT2D eigenvalue weighted by Gasteiger charge is -2.13. The van der Waals surface area contributed by atoms with Gasteiger partial charge in [0.25, 0.3) is 0 Å². The van der Waals surface area contributed by atoms with Crippen molar-refractivity contribution in [3.8, 4) is 5.75 Å². The van der Waals surface area contributed by atoms with E-state index in [0.29, 0.717) is 38.6 Å². The highest BCUT2D eigenvalue weighted by Crippen LogP contribution is 2.20. The maximum absolute atomic E-state index is 12.2. The minimum atomic E-state index is -0.297. The zero-order valence-electron chi connectivity index (χ0n) is 18.3. The van der Waals surface area contributed by atoms with Crippen LogP contribution in [0, 0.1) is 0 Å². The Morgan fingerprint density at radius 2 is 2.03 bits per heavy atom. The molecule has 1 aromatic heterocycles. The molecule has 2 aromatic carbocycles. The number of fused-ring (bicyclic) bond motifs is 1. The van der Waals surface area contributed by atoms with Crippen LogP contribution in [0.5, 0.6) is 5.75 Å². The molecule has 0 aliphatic carbocycles. The number of benzene rings is 2. The summed E-state index contributed by atoms with van der Waals surface area (Å²) in [4.78, 5) is 17.0. The Labute approximate surface area is 183 Å². The topological polar surface area (TPSA) is 65.4 Å². The average Bonchev–Trinajstić information content (AvgIpc) is 3.43. The zero-order chi connectivity index (χ0) is 21.6. The van der Waals surface area contributed by atoms with E-state index in [1.165, 1.54) is 5.56 Å². The zero-order valence-corrected chi connectivity index (χ0v) is 18.3. The van der Waals surface area contributed by atoms with Crippen LogP contribution in [0.1, 0.15) is 44.0 Å². The normalized spacial score (nSPS) is 16.2. The van der Waals surface area contributed by atoms with Crippen molar-refractivity contribution in [2.24, 2.45) is 0 Å². The van der Waals surface area contributed by atoms with Crippen molar-refractivity contribution >= 4 is 16.9 Å². The summed E-state index contributed by atoms with van der Waals surface area (Å²) in [5.74, 6) is 2.31. The molecule has 0 saturated carbocycles. The number of hydrogen-bond acceptors (Lipinski definition) is 4. The molecule has 0 spiro atoms. The van der Waals surface area contributed by atoms with Crippen LogP contribution in [-0.2, 0) is 22.5 Å². The quantitative estimate of drug-likeness (QED) is 0.566. The number of carbonyl (C=O) groups excluding carboxylic acids is 1. The molecule has 4 rings (SSSR count). The fourth-order valence-electron chi connectivity index (χ4n) is 3.97. The van der Waals surface area contributed by atoms with Gasteiger partial charge in [0, 0.05) is 19.6 Å². The summed E-state index contributed by atoms with van der Waals surface area (Å²) in [5, 5.41) is 2.99.